The van der Waals surface area contributed by atoms with Crippen LogP contribution >= 0.6 is 0 Å². The van der Waals surface area contributed by atoms with Crippen LogP contribution in [0.4, 0.5) is 11.8 Å². The van der Waals surface area contributed by atoms with Crippen LogP contribution in [0.15, 0.2) is 6.07 Å². The summed E-state index contributed by atoms with van der Waals surface area (Å²) in [5.74, 6) is 1.75. The first-order chi connectivity index (χ1) is 10.4. The van der Waals surface area contributed by atoms with Gasteiger partial charge in [0, 0.05) is 45.1 Å². The average molecular weight is 328 g/mol. The Morgan fingerprint density at radius 3 is 2.86 bits per heavy atom. The van der Waals surface area contributed by atoms with Crippen LogP contribution in [0.5, 0.6) is 0 Å². The second kappa shape index (κ2) is 7.23. The second-order valence-electron chi connectivity index (χ2n) is 5.64. The number of rotatable bonds is 7. The number of nitrogens with one attached hydrogen (secondary N) is 1. The first-order valence-electron chi connectivity index (χ1n) is 7.43. The van der Waals surface area contributed by atoms with Crippen molar-refractivity contribution in [2.24, 2.45) is 0 Å². The molecule has 1 aromatic rings. The zero-order valence-electron chi connectivity index (χ0n) is 13.4. The van der Waals surface area contributed by atoms with Crippen LogP contribution in [-0.4, -0.2) is 63.2 Å². The number of hydrogen-bond donors (Lipinski definition) is 1. The zero-order chi connectivity index (χ0) is 16.2. The van der Waals surface area contributed by atoms with Gasteiger partial charge in [-0.05, 0) is 19.8 Å². The maximum Gasteiger partial charge on any atom is 0.227 e. The third-order valence-electron chi connectivity index (χ3n) is 3.75. The Kier molecular flexibility index (Phi) is 5.57. The number of ether oxygens (including phenoxy) is 1. The summed E-state index contributed by atoms with van der Waals surface area (Å²) in [6.07, 6.45) is 1.53. The van der Waals surface area contributed by atoms with Crippen molar-refractivity contribution in [3.05, 3.63) is 11.8 Å². The normalized spacial score (nSPS) is 20.0. The molecule has 0 saturated carbocycles. The zero-order valence-corrected chi connectivity index (χ0v) is 14.2. The van der Waals surface area contributed by atoms with Crippen molar-refractivity contribution in [3.63, 3.8) is 0 Å². The van der Waals surface area contributed by atoms with Gasteiger partial charge < -0.3 is 15.0 Å². The van der Waals surface area contributed by atoms with Gasteiger partial charge in [-0.3, -0.25) is 0 Å². The highest BCUT2D eigenvalue weighted by Gasteiger charge is 2.31. The smallest absolute Gasteiger partial charge is 0.227 e. The number of anilines is 2. The number of aromatic nitrogens is 2. The molecule has 0 aromatic carbocycles. The van der Waals surface area contributed by atoms with Crippen molar-refractivity contribution < 1.29 is 13.2 Å². The molecule has 8 heteroatoms. The predicted octanol–water partition coefficient (Wildman–Crippen LogP) is 0.857. The molecule has 7 nitrogen and oxygen atoms in total. The van der Waals surface area contributed by atoms with Crippen molar-refractivity contribution in [1.82, 2.24) is 9.97 Å². The van der Waals surface area contributed by atoms with E-state index < -0.39 is 9.84 Å². The molecule has 1 atom stereocenters. The Balaban J connectivity index is 2.05. The molecular weight excluding hydrogens is 304 g/mol. The van der Waals surface area contributed by atoms with Crippen LogP contribution in [0.1, 0.15) is 18.5 Å². The number of aryl methyl sites for hydroxylation is 1. The average Bonchev–Trinajstić information content (AvgIpc) is 2.82. The lowest BCUT2D eigenvalue weighted by Gasteiger charge is -2.24. The molecule has 0 radical (unpaired) electrons. The number of nitrogens with zero attached hydrogens (tertiary/aromatic N) is 3. The lowest BCUT2D eigenvalue weighted by molar-refractivity contribution is 0.198. The highest BCUT2D eigenvalue weighted by Crippen LogP contribution is 2.21. The summed E-state index contributed by atoms with van der Waals surface area (Å²) < 4.78 is 28.3. The van der Waals surface area contributed by atoms with Crippen LogP contribution in [0.2, 0.25) is 0 Å². The van der Waals surface area contributed by atoms with E-state index in [1.807, 2.05) is 24.9 Å². The van der Waals surface area contributed by atoms with E-state index in [1.165, 1.54) is 0 Å². The summed E-state index contributed by atoms with van der Waals surface area (Å²) in [5, 5.41) is 3.25. The molecule has 1 fully saturated rings. The van der Waals surface area contributed by atoms with Crippen LogP contribution < -0.4 is 10.2 Å². The molecular formula is C14H24N4O3S. The van der Waals surface area contributed by atoms with Crippen molar-refractivity contribution in [2.45, 2.75) is 25.8 Å². The second-order valence-corrected chi connectivity index (χ2v) is 7.86. The van der Waals surface area contributed by atoms with E-state index in [0.29, 0.717) is 19.0 Å². The molecule has 0 spiro atoms. The van der Waals surface area contributed by atoms with E-state index in [1.54, 1.807) is 7.11 Å². The highest BCUT2D eigenvalue weighted by molar-refractivity contribution is 7.91. The van der Waals surface area contributed by atoms with Gasteiger partial charge in [0.05, 0.1) is 11.5 Å². The maximum atomic E-state index is 11.6. The molecule has 22 heavy (non-hydrogen) atoms. The monoisotopic (exact) mass is 328 g/mol. The summed E-state index contributed by atoms with van der Waals surface area (Å²) >= 11 is 0. The van der Waals surface area contributed by atoms with E-state index in [2.05, 4.69) is 15.3 Å². The van der Waals surface area contributed by atoms with Gasteiger partial charge in [0.1, 0.15) is 5.82 Å². The number of methoxy groups -OCH3 is 1. The molecule has 0 aliphatic carbocycles. The van der Waals surface area contributed by atoms with Gasteiger partial charge in [-0.15, -0.1) is 0 Å². The topological polar surface area (TPSA) is 84.4 Å². The number of sulfone groups is 1. The molecule has 0 bridgehead atoms. The summed E-state index contributed by atoms with van der Waals surface area (Å²) in [6.45, 7) is 3.37. The van der Waals surface area contributed by atoms with Crippen LogP contribution in [0, 0.1) is 6.92 Å². The summed E-state index contributed by atoms with van der Waals surface area (Å²) in [6, 6.07) is 1.84. The minimum absolute atomic E-state index is 0.0480. The SMILES string of the molecule is COCCCNc1cc(C)nc(N(C)C2CCS(=O)(=O)C2)n1. The molecule has 2 heterocycles. The fourth-order valence-corrected chi connectivity index (χ4v) is 4.25. The first-order valence-corrected chi connectivity index (χ1v) is 9.25. The quantitative estimate of drug-likeness (QED) is 0.743. The molecule has 0 amide bonds. The largest absolute Gasteiger partial charge is 0.385 e. The highest BCUT2D eigenvalue weighted by atomic mass is 32.2. The molecule has 1 aliphatic rings. The molecule has 2 rings (SSSR count). The van der Waals surface area contributed by atoms with Crippen molar-refractivity contribution in [3.8, 4) is 0 Å². The van der Waals surface area contributed by atoms with E-state index in [4.69, 9.17) is 4.74 Å². The fraction of sp³-hybridized carbons (Fsp3) is 0.714. The van der Waals surface area contributed by atoms with E-state index in [0.717, 1.165) is 24.5 Å². The van der Waals surface area contributed by atoms with E-state index in [9.17, 15) is 8.42 Å². The van der Waals surface area contributed by atoms with Gasteiger partial charge in [-0.1, -0.05) is 0 Å². The summed E-state index contributed by atoms with van der Waals surface area (Å²) in [7, 11) is 0.618. The Morgan fingerprint density at radius 2 is 2.23 bits per heavy atom. The van der Waals surface area contributed by atoms with Crippen LogP contribution in [0.3, 0.4) is 0 Å². The molecule has 1 unspecified atom stereocenters. The minimum atomic E-state index is -2.92. The lowest BCUT2D eigenvalue weighted by atomic mass is 10.2. The molecule has 1 N–H and O–H groups in total. The van der Waals surface area contributed by atoms with E-state index >= 15 is 0 Å². The van der Waals surface area contributed by atoms with Gasteiger partial charge in [0.15, 0.2) is 9.84 Å². The Labute approximate surface area is 132 Å². The maximum absolute atomic E-state index is 11.6. The van der Waals surface area contributed by atoms with Crippen molar-refractivity contribution in [2.75, 3.05) is 49.0 Å². The van der Waals surface area contributed by atoms with Crippen LogP contribution in [0.25, 0.3) is 0 Å². The van der Waals surface area contributed by atoms with Crippen molar-refractivity contribution in [1.29, 1.82) is 0 Å². The lowest BCUT2D eigenvalue weighted by Crippen LogP contribution is -2.34. The summed E-state index contributed by atoms with van der Waals surface area (Å²) in [4.78, 5) is 10.8. The third kappa shape index (κ3) is 4.54. The van der Waals surface area contributed by atoms with Gasteiger partial charge in [0.2, 0.25) is 5.95 Å². The van der Waals surface area contributed by atoms with Gasteiger partial charge in [-0.2, -0.15) is 4.98 Å². The minimum Gasteiger partial charge on any atom is -0.385 e. The van der Waals surface area contributed by atoms with E-state index in [-0.39, 0.29) is 17.5 Å². The molecule has 124 valence electrons. The molecule has 1 aromatic heterocycles. The Hall–Kier alpha value is -1.41. The Morgan fingerprint density at radius 1 is 1.45 bits per heavy atom. The van der Waals surface area contributed by atoms with Gasteiger partial charge >= 0.3 is 0 Å². The van der Waals surface area contributed by atoms with Gasteiger partial charge in [-0.25, -0.2) is 13.4 Å². The number of hydrogen-bond acceptors (Lipinski definition) is 7. The molecule has 1 aliphatic heterocycles. The Bertz CT molecular complexity index is 606. The summed E-state index contributed by atoms with van der Waals surface area (Å²) in [5.41, 5.74) is 0.854. The van der Waals surface area contributed by atoms with Crippen molar-refractivity contribution >= 4 is 21.6 Å². The first kappa shape index (κ1) is 17.0. The fourth-order valence-electron chi connectivity index (χ4n) is 2.48. The third-order valence-corrected chi connectivity index (χ3v) is 5.50. The van der Waals surface area contributed by atoms with Crippen LogP contribution in [-0.2, 0) is 14.6 Å². The standard InChI is InChI=1S/C14H24N4O3S/c1-11-9-13(15-6-4-7-21-3)17-14(16-11)18(2)12-5-8-22(19,20)10-12/h9,12H,4-8,10H2,1-3H3,(H,15,16,17). The predicted molar refractivity (Wildman–Crippen MR) is 87.2 cm³/mol. The van der Waals surface area contributed by atoms with Gasteiger partial charge in [0.25, 0.3) is 0 Å². The molecule has 1 saturated heterocycles.